The number of aryl methyl sites for hydroxylation is 2. The SMILES string of the molecule is Cc1cc(C)c(CNC(=O)c2cc(Br)cc(CNC3CCC(NC(=O)OC(C)(C)C)CC3)c2C)c(=O)[nH]1. The van der Waals surface area contributed by atoms with E-state index in [-0.39, 0.29) is 30.1 Å². The number of rotatable bonds is 7. The third-order valence-electron chi connectivity index (χ3n) is 6.67. The van der Waals surface area contributed by atoms with Gasteiger partial charge in [-0.1, -0.05) is 15.9 Å². The Morgan fingerprint density at radius 3 is 2.30 bits per heavy atom. The Balaban J connectivity index is 1.56. The van der Waals surface area contributed by atoms with E-state index >= 15 is 0 Å². The first-order valence-corrected chi connectivity index (χ1v) is 13.6. The third kappa shape index (κ3) is 8.43. The number of pyridine rings is 1. The summed E-state index contributed by atoms with van der Waals surface area (Å²) in [5.74, 6) is -0.215. The van der Waals surface area contributed by atoms with Crippen LogP contribution in [0.25, 0.3) is 0 Å². The van der Waals surface area contributed by atoms with Crippen molar-refractivity contribution < 1.29 is 14.3 Å². The summed E-state index contributed by atoms with van der Waals surface area (Å²) < 4.78 is 6.19. The van der Waals surface area contributed by atoms with Crippen LogP contribution in [0.3, 0.4) is 0 Å². The summed E-state index contributed by atoms with van der Waals surface area (Å²) in [5.41, 5.74) is 4.06. The number of carbonyl (C=O) groups excluding carboxylic acids is 2. The Hall–Kier alpha value is -2.65. The van der Waals surface area contributed by atoms with Crippen LogP contribution in [0.4, 0.5) is 4.79 Å². The van der Waals surface area contributed by atoms with Crippen molar-refractivity contribution in [2.24, 2.45) is 0 Å². The van der Waals surface area contributed by atoms with Gasteiger partial charge in [-0.05, 0) is 102 Å². The summed E-state index contributed by atoms with van der Waals surface area (Å²) in [6, 6.07) is 6.21. The molecule has 37 heavy (non-hydrogen) atoms. The number of ether oxygens (including phenoxy) is 1. The van der Waals surface area contributed by atoms with Gasteiger partial charge in [0.15, 0.2) is 0 Å². The van der Waals surface area contributed by atoms with Gasteiger partial charge < -0.3 is 25.7 Å². The van der Waals surface area contributed by atoms with Crippen LogP contribution in [0.15, 0.2) is 27.5 Å². The van der Waals surface area contributed by atoms with E-state index in [4.69, 9.17) is 4.74 Å². The molecule has 8 nitrogen and oxygen atoms in total. The van der Waals surface area contributed by atoms with Gasteiger partial charge in [-0.3, -0.25) is 9.59 Å². The first-order valence-electron chi connectivity index (χ1n) is 12.8. The van der Waals surface area contributed by atoms with Crippen LogP contribution in [0.2, 0.25) is 0 Å². The molecular weight excluding hydrogens is 536 g/mol. The fraction of sp³-hybridized carbons (Fsp3) is 0.536. The molecule has 0 atom stereocenters. The van der Waals surface area contributed by atoms with Gasteiger partial charge in [-0.25, -0.2) is 4.79 Å². The summed E-state index contributed by atoms with van der Waals surface area (Å²) in [6.07, 6.45) is 3.32. The highest BCUT2D eigenvalue weighted by molar-refractivity contribution is 9.10. The van der Waals surface area contributed by atoms with Gasteiger partial charge in [0.1, 0.15) is 5.60 Å². The van der Waals surface area contributed by atoms with E-state index < -0.39 is 5.60 Å². The summed E-state index contributed by atoms with van der Waals surface area (Å²) in [7, 11) is 0. The Bertz CT molecular complexity index is 1190. The number of H-pyrrole nitrogens is 1. The van der Waals surface area contributed by atoms with E-state index in [1.807, 2.05) is 59.7 Å². The van der Waals surface area contributed by atoms with Gasteiger partial charge in [0.05, 0.1) is 0 Å². The lowest BCUT2D eigenvalue weighted by Crippen LogP contribution is -2.43. The van der Waals surface area contributed by atoms with Gasteiger partial charge in [0, 0.05) is 46.5 Å². The van der Waals surface area contributed by atoms with Crippen LogP contribution in [0.5, 0.6) is 0 Å². The Labute approximate surface area is 227 Å². The average Bonchev–Trinajstić information content (AvgIpc) is 2.78. The first kappa shape index (κ1) is 28.9. The lowest BCUT2D eigenvalue weighted by Gasteiger charge is -2.30. The first-order chi connectivity index (χ1) is 17.3. The Kier molecular flexibility index (Phi) is 9.58. The van der Waals surface area contributed by atoms with Gasteiger partial charge in [0.2, 0.25) is 0 Å². The predicted molar refractivity (Wildman–Crippen MR) is 149 cm³/mol. The van der Waals surface area contributed by atoms with Crippen molar-refractivity contribution in [3.63, 3.8) is 0 Å². The number of hydrogen-bond donors (Lipinski definition) is 4. The predicted octanol–water partition coefficient (Wildman–Crippen LogP) is 4.92. The van der Waals surface area contributed by atoms with Crippen molar-refractivity contribution >= 4 is 27.9 Å². The molecule has 0 saturated heterocycles. The standard InChI is InChI=1S/C28H39BrN4O4/c1-16-11-17(2)32-26(35)24(16)15-31-25(34)23-13-20(29)12-19(18(23)3)14-30-21-7-9-22(10-8-21)33-27(36)37-28(4,5)6/h11-13,21-22,30H,7-10,14-15H2,1-6H3,(H,31,34)(H,32,35)(H,33,36). The fourth-order valence-corrected chi connectivity index (χ4v) is 5.20. The summed E-state index contributed by atoms with van der Waals surface area (Å²) in [5, 5.41) is 9.51. The molecule has 0 spiro atoms. The number of hydrogen-bond acceptors (Lipinski definition) is 5. The molecule has 0 bridgehead atoms. The van der Waals surface area contributed by atoms with Crippen molar-refractivity contribution in [3.05, 3.63) is 66.5 Å². The highest BCUT2D eigenvalue weighted by Gasteiger charge is 2.25. The van der Waals surface area contributed by atoms with Crippen LogP contribution in [-0.4, -0.2) is 34.7 Å². The minimum absolute atomic E-state index is 0.125. The highest BCUT2D eigenvalue weighted by Crippen LogP contribution is 2.24. The van der Waals surface area contributed by atoms with E-state index in [9.17, 15) is 14.4 Å². The zero-order valence-corrected chi connectivity index (χ0v) is 24.2. The quantitative estimate of drug-likeness (QED) is 0.375. The molecule has 1 aliphatic rings. The van der Waals surface area contributed by atoms with E-state index in [1.165, 1.54) is 0 Å². The summed E-state index contributed by atoms with van der Waals surface area (Å²) in [6.45, 7) is 12.0. The van der Waals surface area contributed by atoms with Gasteiger partial charge >= 0.3 is 6.09 Å². The smallest absolute Gasteiger partial charge is 0.407 e. The molecule has 1 heterocycles. The number of aromatic nitrogens is 1. The maximum absolute atomic E-state index is 13.0. The molecule has 1 fully saturated rings. The molecule has 2 amide bonds. The maximum atomic E-state index is 13.0. The Morgan fingerprint density at radius 1 is 1.03 bits per heavy atom. The minimum atomic E-state index is -0.502. The number of amides is 2. The summed E-state index contributed by atoms with van der Waals surface area (Å²) in [4.78, 5) is 40.2. The van der Waals surface area contributed by atoms with E-state index in [0.717, 1.165) is 52.5 Å². The molecule has 9 heteroatoms. The summed E-state index contributed by atoms with van der Waals surface area (Å²) >= 11 is 3.55. The van der Waals surface area contributed by atoms with Gasteiger partial charge in [-0.15, -0.1) is 0 Å². The number of aromatic amines is 1. The van der Waals surface area contributed by atoms with E-state index in [1.54, 1.807) is 0 Å². The third-order valence-corrected chi connectivity index (χ3v) is 7.13. The zero-order chi connectivity index (χ0) is 27.3. The van der Waals surface area contributed by atoms with Crippen LogP contribution >= 0.6 is 15.9 Å². The zero-order valence-electron chi connectivity index (χ0n) is 22.6. The molecular formula is C28H39BrN4O4. The second-order valence-electron chi connectivity index (χ2n) is 10.9. The number of carbonyl (C=O) groups is 2. The molecule has 4 N–H and O–H groups in total. The van der Waals surface area contributed by atoms with Crippen LogP contribution < -0.4 is 21.5 Å². The van der Waals surface area contributed by atoms with Crippen molar-refractivity contribution in [1.82, 2.24) is 20.9 Å². The van der Waals surface area contributed by atoms with Crippen molar-refractivity contribution in [1.29, 1.82) is 0 Å². The molecule has 1 aromatic heterocycles. The largest absolute Gasteiger partial charge is 0.444 e. The lowest BCUT2D eigenvalue weighted by molar-refractivity contribution is 0.0489. The molecule has 0 aliphatic heterocycles. The molecule has 1 aromatic carbocycles. The molecule has 1 saturated carbocycles. The topological polar surface area (TPSA) is 112 Å². The van der Waals surface area contributed by atoms with E-state index in [0.29, 0.717) is 23.7 Å². The number of alkyl carbamates (subject to hydrolysis) is 1. The second kappa shape index (κ2) is 12.3. The van der Waals surface area contributed by atoms with Crippen molar-refractivity contribution in [2.45, 2.75) is 98.0 Å². The Morgan fingerprint density at radius 2 is 1.68 bits per heavy atom. The maximum Gasteiger partial charge on any atom is 0.407 e. The number of benzene rings is 1. The number of nitrogens with one attached hydrogen (secondary N) is 4. The van der Waals surface area contributed by atoms with Gasteiger partial charge in [0.25, 0.3) is 11.5 Å². The minimum Gasteiger partial charge on any atom is -0.444 e. The second-order valence-corrected chi connectivity index (χ2v) is 11.9. The lowest BCUT2D eigenvalue weighted by atomic mass is 9.91. The molecule has 1 aliphatic carbocycles. The monoisotopic (exact) mass is 574 g/mol. The fourth-order valence-electron chi connectivity index (χ4n) is 4.69. The number of halogens is 1. The highest BCUT2D eigenvalue weighted by atomic mass is 79.9. The van der Waals surface area contributed by atoms with E-state index in [2.05, 4.69) is 36.9 Å². The van der Waals surface area contributed by atoms with Crippen LogP contribution in [0.1, 0.15) is 84.8 Å². The molecule has 3 rings (SSSR count). The van der Waals surface area contributed by atoms with Crippen LogP contribution in [-0.2, 0) is 17.8 Å². The molecule has 0 radical (unpaired) electrons. The normalized spacial score (nSPS) is 17.8. The molecule has 2 aromatic rings. The van der Waals surface area contributed by atoms with Crippen molar-refractivity contribution in [2.75, 3.05) is 0 Å². The molecule has 0 unspecified atom stereocenters. The van der Waals surface area contributed by atoms with Crippen molar-refractivity contribution in [3.8, 4) is 0 Å². The van der Waals surface area contributed by atoms with Crippen LogP contribution in [0, 0.1) is 20.8 Å². The molecule has 202 valence electrons. The van der Waals surface area contributed by atoms with Gasteiger partial charge in [-0.2, -0.15) is 0 Å². The average molecular weight is 576 g/mol.